The molecule has 11 nitrogen and oxygen atoms in total. The standard InChI is InChI=1S/C13H21N5O6/c14-9(20)6-16-12(23)8-18-13(24)7-17-11(22)3-1-2-10(21)15-4-5-19/h5H,1-4,6-8H2,(H2,14,20)(H,15,21)(H,16,23)(H,17,22)(H,18,24). The molecule has 24 heavy (non-hydrogen) atoms. The second kappa shape index (κ2) is 12.6. The van der Waals surface area contributed by atoms with Gasteiger partial charge in [-0.3, -0.25) is 24.0 Å². The molecule has 134 valence electrons. The molecule has 0 aromatic rings. The number of nitrogens with one attached hydrogen (secondary N) is 4. The van der Waals surface area contributed by atoms with Crippen molar-refractivity contribution in [2.24, 2.45) is 5.73 Å². The second-order valence-electron chi connectivity index (χ2n) is 4.62. The van der Waals surface area contributed by atoms with Crippen molar-refractivity contribution >= 4 is 35.8 Å². The Morgan fingerprint density at radius 2 is 1.17 bits per heavy atom. The lowest BCUT2D eigenvalue weighted by molar-refractivity contribution is -0.128. The van der Waals surface area contributed by atoms with Crippen LogP contribution in [-0.4, -0.2) is 62.0 Å². The van der Waals surface area contributed by atoms with Crippen LogP contribution < -0.4 is 27.0 Å². The minimum absolute atomic E-state index is 0.0425. The predicted molar refractivity (Wildman–Crippen MR) is 81.1 cm³/mol. The third-order valence-corrected chi connectivity index (χ3v) is 2.54. The van der Waals surface area contributed by atoms with Gasteiger partial charge in [0.2, 0.25) is 29.5 Å². The van der Waals surface area contributed by atoms with Gasteiger partial charge in [-0.1, -0.05) is 0 Å². The first-order valence-electron chi connectivity index (χ1n) is 7.14. The Labute approximate surface area is 138 Å². The summed E-state index contributed by atoms with van der Waals surface area (Å²) in [5.41, 5.74) is 4.83. The van der Waals surface area contributed by atoms with Gasteiger partial charge >= 0.3 is 0 Å². The number of primary amides is 1. The molecular weight excluding hydrogens is 322 g/mol. The van der Waals surface area contributed by atoms with Gasteiger partial charge in [0.05, 0.1) is 26.2 Å². The van der Waals surface area contributed by atoms with Gasteiger partial charge in [0.25, 0.3) is 0 Å². The van der Waals surface area contributed by atoms with Crippen molar-refractivity contribution in [3.8, 4) is 0 Å². The van der Waals surface area contributed by atoms with E-state index in [0.717, 1.165) is 0 Å². The zero-order valence-corrected chi connectivity index (χ0v) is 13.1. The molecular formula is C13H21N5O6. The van der Waals surface area contributed by atoms with E-state index in [-0.39, 0.29) is 51.3 Å². The van der Waals surface area contributed by atoms with Crippen molar-refractivity contribution in [2.45, 2.75) is 19.3 Å². The number of hydrogen-bond acceptors (Lipinski definition) is 6. The average molecular weight is 343 g/mol. The molecule has 0 atom stereocenters. The monoisotopic (exact) mass is 343 g/mol. The van der Waals surface area contributed by atoms with Crippen molar-refractivity contribution in [1.29, 1.82) is 0 Å². The highest BCUT2D eigenvalue weighted by Crippen LogP contribution is 1.94. The molecule has 0 saturated carbocycles. The summed E-state index contributed by atoms with van der Waals surface area (Å²) in [5.74, 6) is -2.64. The van der Waals surface area contributed by atoms with Crippen LogP contribution in [0.5, 0.6) is 0 Å². The predicted octanol–water partition coefficient (Wildman–Crippen LogP) is -3.69. The van der Waals surface area contributed by atoms with Crippen LogP contribution in [0.4, 0.5) is 0 Å². The van der Waals surface area contributed by atoms with E-state index in [1.807, 2.05) is 0 Å². The molecule has 0 bridgehead atoms. The number of hydrogen-bond donors (Lipinski definition) is 5. The van der Waals surface area contributed by atoms with Crippen LogP contribution >= 0.6 is 0 Å². The highest BCUT2D eigenvalue weighted by Gasteiger charge is 2.09. The van der Waals surface area contributed by atoms with Gasteiger partial charge in [0, 0.05) is 12.8 Å². The molecule has 0 aliphatic carbocycles. The molecule has 0 aromatic carbocycles. The maximum atomic E-state index is 11.4. The second-order valence-corrected chi connectivity index (χ2v) is 4.62. The fourth-order valence-corrected chi connectivity index (χ4v) is 1.41. The van der Waals surface area contributed by atoms with E-state index in [1.165, 1.54) is 0 Å². The van der Waals surface area contributed by atoms with E-state index < -0.39 is 23.6 Å². The van der Waals surface area contributed by atoms with E-state index in [2.05, 4.69) is 21.3 Å². The SMILES string of the molecule is NC(=O)CNC(=O)CNC(=O)CNC(=O)CCCC(=O)NCC=O. The smallest absolute Gasteiger partial charge is 0.239 e. The maximum absolute atomic E-state index is 11.4. The Hall–Kier alpha value is -2.98. The molecule has 5 amide bonds. The Morgan fingerprint density at radius 3 is 1.67 bits per heavy atom. The third kappa shape index (κ3) is 12.7. The summed E-state index contributed by atoms with van der Waals surface area (Å²) in [7, 11) is 0. The summed E-state index contributed by atoms with van der Waals surface area (Å²) in [5, 5.41) is 9.08. The van der Waals surface area contributed by atoms with E-state index in [9.17, 15) is 28.8 Å². The van der Waals surface area contributed by atoms with E-state index >= 15 is 0 Å². The van der Waals surface area contributed by atoms with Crippen LogP contribution in [0.1, 0.15) is 19.3 Å². The summed E-state index contributed by atoms with van der Waals surface area (Å²) >= 11 is 0. The fraction of sp³-hybridized carbons (Fsp3) is 0.538. The first-order valence-corrected chi connectivity index (χ1v) is 7.14. The molecule has 0 unspecified atom stereocenters. The number of amides is 5. The molecule has 0 heterocycles. The zero-order chi connectivity index (χ0) is 18.4. The van der Waals surface area contributed by atoms with Gasteiger partial charge in [-0.05, 0) is 6.42 Å². The summed E-state index contributed by atoms with van der Waals surface area (Å²) in [6, 6.07) is 0. The lowest BCUT2D eigenvalue weighted by Crippen LogP contribution is -2.43. The molecule has 0 saturated heterocycles. The summed E-state index contributed by atoms with van der Waals surface area (Å²) in [6.45, 7) is -1.07. The van der Waals surface area contributed by atoms with Crippen LogP contribution in [0, 0.1) is 0 Å². The van der Waals surface area contributed by atoms with Crippen molar-refractivity contribution in [3.05, 3.63) is 0 Å². The molecule has 0 fully saturated rings. The van der Waals surface area contributed by atoms with Crippen LogP contribution in [0.2, 0.25) is 0 Å². The first kappa shape index (κ1) is 21.0. The lowest BCUT2D eigenvalue weighted by Gasteiger charge is -2.07. The maximum Gasteiger partial charge on any atom is 0.239 e. The quantitative estimate of drug-likeness (QED) is 0.228. The van der Waals surface area contributed by atoms with E-state index in [1.54, 1.807) is 0 Å². The van der Waals surface area contributed by atoms with E-state index in [0.29, 0.717) is 6.29 Å². The Morgan fingerprint density at radius 1 is 0.708 bits per heavy atom. The molecule has 11 heteroatoms. The van der Waals surface area contributed by atoms with Crippen LogP contribution in [0.15, 0.2) is 0 Å². The van der Waals surface area contributed by atoms with Crippen molar-refractivity contribution in [1.82, 2.24) is 21.3 Å². The fourth-order valence-electron chi connectivity index (χ4n) is 1.41. The van der Waals surface area contributed by atoms with Gasteiger partial charge in [-0.2, -0.15) is 0 Å². The largest absolute Gasteiger partial charge is 0.368 e. The topological polar surface area (TPSA) is 177 Å². The average Bonchev–Trinajstić information content (AvgIpc) is 2.54. The molecule has 0 spiro atoms. The van der Waals surface area contributed by atoms with Crippen LogP contribution in [-0.2, 0) is 28.8 Å². The molecule has 0 radical (unpaired) electrons. The summed E-state index contributed by atoms with van der Waals surface area (Å²) in [6.07, 6.45) is 0.958. The minimum Gasteiger partial charge on any atom is -0.368 e. The highest BCUT2D eigenvalue weighted by molar-refractivity contribution is 5.89. The van der Waals surface area contributed by atoms with Crippen molar-refractivity contribution in [2.75, 3.05) is 26.2 Å². The van der Waals surface area contributed by atoms with Gasteiger partial charge in [0.1, 0.15) is 6.29 Å². The molecule has 0 aromatic heterocycles. The van der Waals surface area contributed by atoms with Gasteiger partial charge in [-0.25, -0.2) is 0 Å². The zero-order valence-electron chi connectivity index (χ0n) is 13.1. The summed E-state index contributed by atoms with van der Waals surface area (Å²) in [4.78, 5) is 65.7. The van der Waals surface area contributed by atoms with Crippen LogP contribution in [0.25, 0.3) is 0 Å². The van der Waals surface area contributed by atoms with Crippen molar-refractivity contribution < 1.29 is 28.8 Å². The number of carbonyl (C=O) groups is 6. The molecule has 0 aliphatic heterocycles. The van der Waals surface area contributed by atoms with Crippen molar-refractivity contribution in [3.63, 3.8) is 0 Å². The lowest BCUT2D eigenvalue weighted by atomic mass is 10.2. The number of rotatable bonds is 12. The van der Waals surface area contributed by atoms with Gasteiger partial charge < -0.3 is 31.8 Å². The minimum atomic E-state index is -0.707. The van der Waals surface area contributed by atoms with E-state index in [4.69, 9.17) is 5.73 Å². The molecule has 6 N–H and O–H groups in total. The Bertz CT molecular complexity index is 493. The Balaban J connectivity index is 3.73. The number of nitrogens with two attached hydrogens (primary N) is 1. The number of aldehydes is 1. The first-order chi connectivity index (χ1) is 11.3. The summed E-state index contributed by atoms with van der Waals surface area (Å²) < 4.78 is 0. The highest BCUT2D eigenvalue weighted by atomic mass is 16.2. The van der Waals surface area contributed by atoms with Gasteiger partial charge in [-0.15, -0.1) is 0 Å². The van der Waals surface area contributed by atoms with Gasteiger partial charge in [0.15, 0.2) is 0 Å². The number of carbonyl (C=O) groups excluding carboxylic acids is 6. The Kier molecular flexibility index (Phi) is 11.0. The third-order valence-electron chi connectivity index (χ3n) is 2.54. The molecule has 0 aliphatic rings. The normalized spacial score (nSPS) is 9.50. The molecule has 0 rings (SSSR count). The van der Waals surface area contributed by atoms with Crippen LogP contribution in [0.3, 0.4) is 0 Å².